The van der Waals surface area contributed by atoms with Crippen molar-refractivity contribution in [3.63, 3.8) is 0 Å². The van der Waals surface area contributed by atoms with Crippen molar-refractivity contribution in [1.29, 1.82) is 0 Å². The van der Waals surface area contributed by atoms with Crippen LogP contribution in [0, 0.1) is 11.6 Å². The lowest BCUT2D eigenvalue weighted by molar-refractivity contribution is -0.142. The third-order valence-electron chi connectivity index (χ3n) is 2.14. The predicted molar refractivity (Wildman–Crippen MR) is 57.9 cm³/mol. The molecule has 6 heteroatoms. The van der Waals surface area contributed by atoms with Crippen molar-refractivity contribution in [2.75, 3.05) is 7.11 Å². The lowest BCUT2D eigenvalue weighted by Crippen LogP contribution is -2.20. The zero-order valence-electron chi connectivity index (χ0n) is 9.91. The van der Waals surface area contributed by atoms with Gasteiger partial charge in [0.15, 0.2) is 0 Å². The van der Waals surface area contributed by atoms with Gasteiger partial charge in [0.05, 0.1) is 19.1 Å². The van der Waals surface area contributed by atoms with E-state index in [2.05, 4.69) is 4.74 Å². The molecule has 1 atom stereocenters. The maximum atomic E-state index is 13.2. The molecule has 18 heavy (non-hydrogen) atoms. The van der Waals surface area contributed by atoms with Gasteiger partial charge >= 0.3 is 11.9 Å². The Balaban J connectivity index is 2.70. The summed E-state index contributed by atoms with van der Waals surface area (Å²) in [4.78, 5) is 22.4. The Kier molecular flexibility index (Phi) is 4.76. The molecule has 0 aliphatic carbocycles. The van der Waals surface area contributed by atoms with Gasteiger partial charge in [-0.05, 0) is 25.1 Å². The Morgan fingerprint density at radius 1 is 1.33 bits per heavy atom. The first kappa shape index (κ1) is 14.1. The topological polar surface area (TPSA) is 52.6 Å². The van der Waals surface area contributed by atoms with Crippen LogP contribution in [0.25, 0.3) is 0 Å². The molecule has 98 valence electrons. The Morgan fingerprint density at radius 3 is 2.61 bits per heavy atom. The van der Waals surface area contributed by atoms with E-state index in [1.165, 1.54) is 14.0 Å². The molecule has 0 radical (unpaired) electrons. The summed E-state index contributed by atoms with van der Waals surface area (Å²) in [5.74, 6) is -3.21. The minimum absolute atomic E-state index is 0.154. The molecule has 0 bridgehead atoms. The van der Waals surface area contributed by atoms with Crippen LogP contribution < -0.4 is 0 Å². The largest absolute Gasteiger partial charge is 0.469 e. The highest BCUT2D eigenvalue weighted by molar-refractivity contribution is 5.90. The molecule has 0 amide bonds. The number of carbonyl (C=O) groups is 2. The predicted octanol–water partition coefficient (Wildman–Crippen LogP) is 2.07. The summed E-state index contributed by atoms with van der Waals surface area (Å²) in [5.41, 5.74) is -0.508. The zero-order chi connectivity index (χ0) is 13.7. The summed E-state index contributed by atoms with van der Waals surface area (Å²) in [6.07, 6.45) is -0.938. The molecule has 4 nitrogen and oxygen atoms in total. The third kappa shape index (κ3) is 3.80. The van der Waals surface area contributed by atoms with Gasteiger partial charge in [0.25, 0.3) is 0 Å². The summed E-state index contributed by atoms with van der Waals surface area (Å²) in [6.45, 7) is 1.45. The van der Waals surface area contributed by atoms with Crippen molar-refractivity contribution >= 4 is 11.9 Å². The summed E-state index contributed by atoms with van der Waals surface area (Å²) >= 11 is 0. The summed E-state index contributed by atoms with van der Waals surface area (Å²) in [6, 6.07) is 2.46. The number of hydrogen-bond acceptors (Lipinski definition) is 4. The lowest BCUT2D eigenvalue weighted by Gasteiger charge is -2.12. The van der Waals surface area contributed by atoms with Crippen LogP contribution in [0.4, 0.5) is 8.78 Å². The number of ether oxygens (including phenoxy) is 2. The van der Waals surface area contributed by atoms with E-state index in [0.29, 0.717) is 0 Å². The molecule has 1 aromatic rings. The molecule has 0 unspecified atom stereocenters. The van der Waals surface area contributed by atoms with Crippen LogP contribution >= 0.6 is 0 Å². The van der Waals surface area contributed by atoms with E-state index in [9.17, 15) is 18.4 Å². The SMILES string of the molecule is COC(=O)C[C@@H](C)OC(=O)c1cc(F)ccc1F. The third-order valence-corrected chi connectivity index (χ3v) is 2.14. The smallest absolute Gasteiger partial charge is 0.341 e. The lowest BCUT2D eigenvalue weighted by atomic mass is 10.2. The number of esters is 2. The van der Waals surface area contributed by atoms with Gasteiger partial charge < -0.3 is 9.47 Å². The fraction of sp³-hybridized carbons (Fsp3) is 0.333. The van der Waals surface area contributed by atoms with Crippen LogP contribution in [0.1, 0.15) is 23.7 Å². The van der Waals surface area contributed by atoms with E-state index < -0.39 is 35.2 Å². The fourth-order valence-corrected chi connectivity index (χ4v) is 1.26. The van der Waals surface area contributed by atoms with Crippen LogP contribution in [0.3, 0.4) is 0 Å². The maximum Gasteiger partial charge on any atom is 0.341 e. The zero-order valence-corrected chi connectivity index (χ0v) is 9.91. The van der Waals surface area contributed by atoms with Gasteiger partial charge in [0, 0.05) is 0 Å². The van der Waals surface area contributed by atoms with E-state index in [-0.39, 0.29) is 6.42 Å². The molecule has 0 heterocycles. The van der Waals surface area contributed by atoms with Gasteiger partial charge in [-0.25, -0.2) is 13.6 Å². The molecule has 0 aliphatic heterocycles. The van der Waals surface area contributed by atoms with Crippen LogP contribution in [-0.2, 0) is 14.3 Å². The highest BCUT2D eigenvalue weighted by Gasteiger charge is 2.19. The number of carbonyl (C=O) groups excluding carboxylic acids is 2. The second-order valence-electron chi connectivity index (χ2n) is 3.62. The fourth-order valence-electron chi connectivity index (χ4n) is 1.26. The molecule has 1 aromatic carbocycles. The summed E-state index contributed by atoms with van der Waals surface area (Å²) in [5, 5.41) is 0. The van der Waals surface area contributed by atoms with Crippen molar-refractivity contribution < 1.29 is 27.8 Å². The molecule has 0 N–H and O–H groups in total. The average Bonchev–Trinajstić information content (AvgIpc) is 2.31. The highest BCUT2D eigenvalue weighted by Crippen LogP contribution is 2.13. The van der Waals surface area contributed by atoms with E-state index in [0.717, 1.165) is 18.2 Å². The quantitative estimate of drug-likeness (QED) is 0.776. The Bertz CT molecular complexity index is 459. The number of halogens is 2. The van der Waals surface area contributed by atoms with E-state index in [4.69, 9.17) is 4.74 Å². The van der Waals surface area contributed by atoms with Crippen molar-refractivity contribution in [2.45, 2.75) is 19.4 Å². The molecular formula is C12H12F2O4. The van der Waals surface area contributed by atoms with Gasteiger partial charge in [-0.15, -0.1) is 0 Å². The number of hydrogen-bond donors (Lipinski definition) is 0. The first-order valence-corrected chi connectivity index (χ1v) is 5.17. The Morgan fingerprint density at radius 2 is 2.00 bits per heavy atom. The van der Waals surface area contributed by atoms with Crippen molar-refractivity contribution in [1.82, 2.24) is 0 Å². The molecule has 0 aromatic heterocycles. The van der Waals surface area contributed by atoms with E-state index in [1.807, 2.05) is 0 Å². The van der Waals surface area contributed by atoms with Gasteiger partial charge in [0.2, 0.25) is 0 Å². The minimum Gasteiger partial charge on any atom is -0.469 e. The first-order valence-electron chi connectivity index (χ1n) is 5.17. The molecule has 0 saturated carbocycles. The summed E-state index contributed by atoms with van der Waals surface area (Å²) < 4.78 is 35.3. The minimum atomic E-state index is -1.02. The number of benzene rings is 1. The van der Waals surface area contributed by atoms with E-state index >= 15 is 0 Å². The maximum absolute atomic E-state index is 13.2. The number of methoxy groups -OCH3 is 1. The van der Waals surface area contributed by atoms with Crippen molar-refractivity contribution in [3.05, 3.63) is 35.4 Å². The molecule has 0 aliphatic rings. The second-order valence-corrected chi connectivity index (χ2v) is 3.62. The first-order chi connectivity index (χ1) is 8.43. The summed E-state index contributed by atoms with van der Waals surface area (Å²) in [7, 11) is 1.20. The molecular weight excluding hydrogens is 246 g/mol. The van der Waals surface area contributed by atoms with Crippen LogP contribution in [0.2, 0.25) is 0 Å². The van der Waals surface area contributed by atoms with Crippen LogP contribution in [-0.4, -0.2) is 25.2 Å². The Labute approximate surface area is 103 Å². The average molecular weight is 258 g/mol. The van der Waals surface area contributed by atoms with Gasteiger partial charge in [-0.1, -0.05) is 0 Å². The molecule has 0 spiro atoms. The van der Waals surface area contributed by atoms with Gasteiger partial charge in [-0.3, -0.25) is 4.79 Å². The van der Waals surface area contributed by atoms with E-state index in [1.54, 1.807) is 0 Å². The van der Waals surface area contributed by atoms with Crippen molar-refractivity contribution in [3.8, 4) is 0 Å². The monoisotopic (exact) mass is 258 g/mol. The normalized spacial score (nSPS) is 11.8. The van der Waals surface area contributed by atoms with Gasteiger partial charge in [-0.2, -0.15) is 0 Å². The second kappa shape index (κ2) is 6.09. The van der Waals surface area contributed by atoms with Crippen LogP contribution in [0.5, 0.6) is 0 Å². The highest BCUT2D eigenvalue weighted by atomic mass is 19.1. The molecule has 0 saturated heterocycles. The number of rotatable bonds is 4. The van der Waals surface area contributed by atoms with Gasteiger partial charge in [0.1, 0.15) is 17.7 Å². The Hall–Kier alpha value is -1.98. The molecule has 1 rings (SSSR count). The molecule has 0 fully saturated rings. The van der Waals surface area contributed by atoms with Crippen molar-refractivity contribution in [2.24, 2.45) is 0 Å². The van der Waals surface area contributed by atoms with Crippen LogP contribution in [0.15, 0.2) is 18.2 Å². The standard InChI is InChI=1S/C12H12F2O4/c1-7(5-11(15)17-2)18-12(16)9-6-8(13)3-4-10(9)14/h3-4,6-7H,5H2,1-2H3/t7-/m1/s1.